The van der Waals surface area contributed by atoms with Crippen molar-refractivity contribution in [2.24, 2.45) is 7.05 Å². The molecule has 0 bridgehead atoms. The molecular weight excluding hydrogens is 358 g/mol. The predicted octanol–water partition coefficient (Wildman–Crippen LogP) is 2.25. The summed E-state index contributed by atoms with van der Waals surface area (Å²) >= 11 is 0. The SMILES string of the molecule is Cc1nnc(-c2cccc(NCC(=O)NCc3ccc4c(c3)OCO4)c2)n1C. The van der Waals surface area contributed by atoms with Gasteiger partial charge in [-0.3, -0.25) is 4.79 Å². The van der Waals surface area contributed by atoms with Gasteiger partial charge in [0.1, 0.15) is 5.82 Å². The quantitative estimate of drug-likeness (QED) is 0.683. The number of ether oxygens (including phenoxy) is 2. The second kappa shape index (κ2) is 7.59. The second-order valence-electron chi connectivity index (χ2n) is 6.53. The lowest BCUT2D eigenvalue weighted by molar-refractivity contribution is -0.119. The Morgan fingerprint density at radius 3 is 2.82 bits per heavy atom. The molecular formula is C20H21N5O3. The molecule has 28 heavy (non-hydrogen) atoms. The number of aryl methyl sites for hydroxylation is 1. The van der Waals surface area contributed by atoms with Crippen LogP contribution in [0.15, 0.2) is 42.5 Å². The largest absolute Gasteiger partial charge is 0.454 e. The molecule has 0 spiro atoms. The van der Waals surface area contributed by atoms with Crippen LogP contribution in [0.1, 0.15) is 11.4 Å². The molecule has 0 atom stereocenters. The highest BCUT2D eigenvalue weighted by atomic mass is 16.7. The number of anilines is 1. The van der Waals surface area contributed by atoms with Gasteiger partial charge in [0.05, 0.1) is 6.54 Å². The van der Waals surface area contributed by atoms with Crippen molar-refractivity contribution in [1.82, 2.24) is 20.1 Å². The molecule has 1 amide bonds. The topological polar surface area (TPSA) is 90.3 Å². The van der Waals surface area contributed by atoms with Crippen LogP contribution in [0.25, 0.3) is 11.4 Å². The number of rotatable bonds is 6. The summed E-state index contributed by atoms with van der Waals surface area (Å²) in [4.78, 5) is 12.2. The van der Waals surface area contributed by atoms with Crippen molar-refractivity contribution in [2.45, 2.75) is 13.5 Å². The third-order valence-electron chi connectivity index (χ3n) is 4.59. The maximum Gasteiger partial charge on any atom is 0.239 e. The van der Waals surface area contributed by atoms with Crippen molar-refractivity contribution in [2.75, 3.05) is 18.7 Å². The Morgan fingerprint density at radius 2 is 2.00 bits per heavy atom. The van der Waals surface area contributed by atoms with E-state index >= 15 is 0 Å². The minimum Gasteiger partial charge on any atom is -0.454 e. The summed E-state index contributed by atoms with van der Waals surface area (Å²) in [5, 5.41) is 14.3. The highest BCUT2D eigenvalue weighted by molar-refractivity contribution is 5.81. The normalized spacial score (nSPS) is 12.1. The molecule has 1 aliphatic heterocycles. The molecule has 0 radical (unpaired) electrons. The Kier molecular flexibility index (Phi) is 4.84. The molecule has 2 N–H and O–H groups in total. The summed E-state index contributed by atoms with van der Waals surface area (Å²) in [6.07, 6.45) is 0. The van der Waals surface area contributed by atoms with E-state index in [1.54, 1.807) is 0 Å². The maximum atomic E-state index is 12.2. The summed E-state index contributed by atoms with van der Waals surface area (Å²) in [5.41, 5.74) is 2.74. The van der Waals surface area contributed by atoms with Crippen LogP contribution in [0.3, 0.4) is 0 Å². The van der Waals surface area contributed by atoms with E-state index in [0.29, 0.717) is 12.3 Å². The number of carbonyl (C=O) groups is 1. The van der Waals surface area contributed by atoms with Gasteiger partial charge in [-0.1, -0.05) is 18.2 Å². The molecule has 8 nitrogen and oxygen atoms in total. The summed E-state index contributed by atoms with van der Waals surface area (Å²) in [6.45, 7) is 2.74. The van der Waals surface area contributed by atoms with Crippen molar-refractivity contribution in [3.63, 3.8) is 0 Å². The number of nitrogens with zero attached hydrogens (tertiary/aromatic N) is 3. The van der Waals surface area contributed by atoms with Crippen LogP contribution in [-0.4, -0.2) is 34.0 Å². The fraction of sp³-hybridized carbons (Fsp3) is 0.250. The summed E-state index contributed by atoms with van der Waals surface area (Å²) in [5.74, 6) is 2.97. The van der Waals surface area contributed by atoms with E-state index in [1.165, 1.54) is 0 Å². The lowest BCUT2D eigenvalue weighted by Crippen LogP contribution is -2.29. The number of fused-ring (bicyclic) bond motifs is 1. The molecule has 144 valence electrons. The van der Waals surface area contributed by atoms with Crippen LogP contribution in [0.5, 0.6) is 11.5 Å². The Hall–Kier alpha value is -3.55. The molecule has 1 aliphatic rings. The number of amides is 1. The number of aromatic nitrogens is 3. The second-order valence-corrected chi connectivity index (χ2v) is 6.53. The van der Waals surface area contributed by atoms with E-state index in [0.717, 1.165) is 34.2 Å². The highest BCUT2D eigenvalue weighted by Gasteiger charge is 2.13. The van der Waals surface area contributed by atoms with Crippen LogP contribution in [0.4, 0.5) is 5.69 Å². The number of benzene rings is 2. The van der Waals surface area contributed by atoms with E-state index in [-0.39, 0.29) is 19.2 Å². The molecule has 0 saturated heterocycles. The monoisotopic (exact) mass is 379 g/mol. The lowest BCUT2D eigenvalue weighted by Gasteiger charge is -2.10. The van der Waals surface area contributed by atoms with Crippen LogP contribution in [0, 0.1) is 6.92 Å². The van der Waals surface area contributed by atoms with Crippen LogP contribution >= 0.6 is 0 Å². The summed E-state index contributed by atoms with van der Waals surface area (Å²) in [6, 6.07) is 13.4. The molecule has 0 aliphatic carbocycles. The number of hydrogen-bond acceptors (Lipinski definition) is 6. The maximum absolute atomic E-state index is 12.2. The number of hydrogen-bond donors (Lipinski definition) is 2. The smallest absolute Gasteiger partial charge is 0.239 e. The Balaban J connectivity index is 1.32. The van der Waals surface area contributed by atoms with E-state index in [2.05, 4.69) is 20.8 Å². The molecule has 2 heterocycles. The Labute approximate surface area is 162 Å². The predicted molar refractivity (Wildman–Crippen MR) is 104 cm³/mol. The molecule has 4 rings (SSSR count). The van der Waals surface area contributed by atoms with Crippen LogP contribution in [-0.2, 0) is 18.4 Å². The van der Waals surface area contributed by atoms with Crippen LogP contribution in [0.2, 0.25) is 0 Å². The summed E-state index contributed by atoms with van der Waals surface area (Å²) < 4.78 is 12.6. The molecule has 3 aromatic rings. The standard InChI is InChI=1S/C20H21N5O3/c1-13-23-24-20(25(13)2)15-4-3-5-16(9-15)21-11-19(26)22-10-14-6-7-17-18(8-14)28-12-27-17/h3-9,21H,10-12H2,1-2H3,(H,22,26). The minimum atomic E-state index is -0.0995. The molecule has 1 aromatic heterocycles. The molecule has 0 fully saturated rings. The lowest BCUT2D eigenvalue weighted by atomic mass is 10.2. The first-order valence-corrected chi connectivity index (χ1v) is 8.95. The molecule has 8 heteroatoms. The fourth-order valence-corrected chi connectivity index (χ4v) is 2.92. The number of nitrogens with one attached hydrogen (secondary N) is 2. The molecule has 2 aromatic carbocycles. The first kappa shape index (κ1) is 17.8. The van der Waals surface area contributed by atoms with E-state index in [4.69, 9.17) is 9.47 Å². The Bertz CT molecular complexity index is 1010. The Morgan fingerprint density at radius 1 is 1.14 bits per heavy atom. The van der Waals surface area contributed by atoms with Gasteiger partial charge in [0.25, 0.3) is 0 Å². The first-order chi connectivity index (χ1) is 13.6. The van der Waals surface area contributed by atoms with Crippen molar-refractivity contribution in [3.8, 4) is 22.9 Å². The van der Waals surface area contributed by atoms with Gasteiger partial charge in [-0.05, 0) is 36.8 Å². The average Bonchev–Trinajstić information content (AvgIpc) is 3.31. The fourth-order valence-electron chi connectivity index (χ4n) is 2.92. The van der Waals surface area contributed by atoms with Crippen molar-refractivity contribution < 1.29 is 14.3 Å². The zero-order valence-corrected chi connectivity index (χ0v) is 15.7. The van der Waals surface area contributed by atoms with Gasteiger partial charge < -0.3 is 24.7 Å². The summed E-state index contributed by atoms with van der Waals surface area (Å²) in [7, 11) is 1.92. The zero-order valence-electron chi connectivity index (χ0n) is 15.7. The van der Waals surface area contributed by atoms with Crippen molar-refractivity contribution in [1.29, 1.82) is 0 Å². The molecule has 0 saturated carbocycles. The van der Waals surface area contributed by atoms with Gasteiger partial charge >= 0.3 is 0 Å². The first-order valence-electron chi connectivity index (χ1n) is 8.95. The number of carbonyl (C=O) groups excluding carboxylic acids is 1. The van der Waals surface area contributed by atoms with Gasteiger partial charge in [0.2, 0.25) is 12.7 Å². The minimum absolute atomic E-state index is 0.0995. The third-order valence-corrected chi connectivity index (χ3v) is 4.59. The van der Waals surface area contributed by atoms with Gasteiger partial charge in [-0.2, -0.15) is 0 Å². The van der Waals surface area contributed by atoms with Gasteiger partial charge in [-0.15, -0.1) is 10.2 Å². The van der Waals surface area contributed by atoms with E-state index in [1.807, 2.05) is 61.0 Å². The van der Waals surface area contributed by atoms with Crippen molar-refractivity contribution in [3.05, 3.63) is 53.9 Å². The highest BCUT2D eigenvalue weighted by Crippen LogP contribution is 2.32. The van der Waals surface area contributed by atoms with Gasteiger partial charge in [0, 0.05) is 24.8 Å². The molecule has 0 unspecified atom stereocenters. The van der Waals surface area contributed by atoms with Gasteiger partial charge in [-0.25, -0.2) is 0 Å². The zero-order chi connectivity index (χ0) is 19.5. The van der Waals surface area contributed by atoms with E-state index < -0.39 is 0 Å². The van der Waals surface area contributed by atoms with Crippen LogP contribution < -0.4 is 20.1 Å². The third kappa shape index (κ3) is 3.75. The average molecular weight is 379 g/mol. The van der Waals surface area contributed by atoms with Crippen molar-refractivity contribution >= 4 is 11.6 Å². The van der Waals surface area contributed by atoms with E-state index in [9.17, 15) is 4.79 Å². The van der Waals surface area contributed by atoms with Gasteiger partial charge in [0.15, 0.2) is 17.3 Å².